The van der Waals surface area contributed by atoms with E-state index in [1.165, 1.54) is 12.8 Å². The van der Waals surface area contributed by atoms with E-state index >= 15 is 0 Å². The molecule has 6 heteroatoms. The number of ether oxygens (including phenoxy) is 2. The third kappa shape index (κ3) is 5.79. The summed E-state index contributed by atoms with van der Waals surface area (Å²) in [5.74, 6) is 1.38. The van der Waals surface area contributed by atoms with Crippen LogP contribution in [0.15, 0.2) is 54.6 Å². The van der Waals surface area contributed by atoms with Crippen LogP contribution in [0.25, 0.3) is 0 Å². The van der Waals surface area contributed by atoms with Gasteiger partial charge < -0.3 is 14.8 Å². The molecule has 2 heterocycles. The Balaban J connectivity index is 1.26. The van der Waals surface area contributed by atoms with Crippen molar-refractivity contribution in [2.75, 3.05) is 51.2 Å². The Bertz CT molecular complexity index is 785. The molecular weight excluding hydrogens is 366 g/mol. The molecule has 1 N–H and O–H groups in total. The van der Waals surface area contributed by atoms with Crippen molar-refractivity contribution >= 4 is 11.6 Å². The van der Waals surface area contributed by atoms with Gasteiger partial charge in [-0.2, -0.15) is 0 Å². The van der Waals surface area contributed by atoms with E-state index in [2.05, 4.69) is 15.1 Å². The number of amides is 1. The normalized spacial score (nSPS) is 20.5. The molecule has 0 aliphatic carbocycles. The van der Waals surface area contributed by atoms with Crippen LogP contribution in [-0.4, -0.2) is 67.7 Å². The van der Waals surface area contributed by atoms with Crippen LogP contribution in [0, 0.1) is 0 Å². The van der Waals surface area contributed by atoms with Crippen molar-refractivity contribution in [1.29, 1.82) is 0 Å². The van der Waals surface area contributed by atoms with E-state index in [0.717, 1.165) is 45.1 Å². The first-order valence-corrected chi connectivity index (χ1v) is 10.4. The molecule has 1 amide bonds. The Morgan fingerprint density at radius 3 is 2.48 bits per heavy atom. The molecule has 0 bridgehead atoms. The zero-order valence-electron chi connectivity index (χ0n) is 16.8. The molecule has 2 aromatic carbocycles. The zero-order chi connectivity index (χ0) is 19.9. The van der Waals surface area contributed by atoms with Crippen LogP contribution in [0.3, 0.4) is 0 Å². The maximum atomic E-state index is 12.6. The van der Waals surface area contributed by atoms with Crippen LogP contribution in [0.2, 0.25) is 0 Å². The van der Waals surface area contributed by atoms with Crippen molar-refractivity contribution in [3.63, 3.8) is 0 Å². The van der Waals surface area contributed by atoms with Gasteiger partial charge in [0.05, 0.1) is 18.3 Å². The largest absolute Gasteiger partial charge is 0.455 e. The monoisotopic (exact) mass is 395 g/mol. The first kappa shape index (κ1) is 19.9. The molecule has 2 saturated heterocycles. The number of anilines is 1. The third-order valence-corrected chi connectivity index (χ3v) is 5.45. The summed E-state index contributed by atoms with van der Waals surface area (Å²) in [4.78, 5) is 17.3. The van der Waals surface area contributed by atoms with E-state index in [1.54, 1.807) is 0 Å². The number of para-hydroxylation sites is 3. The molecule has 0 aromatic heterocycles. The number of piperazine rings is 1. The van der Waals surface area contributed by atoms with Gasteiger partial charge in [-0.3, -0.25) is 14.6 Å². The van der Waals surface area contributed by atoms with Gasteiger partial charge in [0.15, 0.2) is 5.75 Å². The van der Waals surface area contributed by atoms with Gasteiger partial charge in [0.2, 0.25) is 5.91 Å². The average molecular weight is 396 g/mol. The molecule has 0 saturated carbocycles. The minimum absolute atomic E-state index is 0.0123. The van der Waals surface area contributed by atoms with E-state index in [0.29, 0.717) is 24.1 Å². The zero-order valence-corrected chi connectivity index (χ0v) is 16.8. The fourth-order valence-electron chi connectivity index (χ4n) is 3.87. The molecule has 0 spiro atoms. The van der Waals surface area contributed by atoms with Crippen molar-refractivity contribution in [2.45, 2.75) is 18.9 Å². The summed E-state index contributed by atoms with van der Waals surface area (Å²) >= 11 is 0. The van der Waals surface area contributed by atoms with Gasteiger partial charge in [0.1, 0.15) is 5.75 Å². The highest BCUT2D eigenvalue weighted by Crippen LogP contribution is 2.29. The number of nitrogens with zero attached hydrogens (tertiary/aromatic N) is 2. The van der Waals surface area contributed by atoms with Gasteiger partial charge in [0, 0.05) is 39.3 Å². The first-order chi connectivity index (χ1) is 14.3. The van der Waals surface area contributed by atoms with Crippen molar-refractivity contribution in [2.24, 2.45) is 0 Å². The maximum Gasteiger partial charge on any atom is 0.238 e. The second-order valence-electron chi connectivity index (χ2n) is 7.67. The fraction of sp³-hybridized carbons (Fsp3) is 0.435. The predicted octanol–water partition coefficient (Wildman–Crippen LogP) is 3.21. The summed E-state index contributed by atoms with van der Waals surface area (Å²) in [6.07, 6.45) is 2.75. The Morgan fingerprint density at radius 2 is 1.72 bits per heavy atom. The summed E-state index contributed by atoms with van der Waals surface area (Å²) < 4.78 is 11.7. The van der Waals surface area contributed by atoms with Crippen molar-refractivity contribution < 1.29 is 14.3 Å². The molecule has 154 valence electrons. The molecule has 0 radical (unpaired) electrons. The Kier molecular flexibility index (Phi) is 6.77. The van der Waals surface area contributed by atoms with Crippen LogP contribution in [0.4, 0.5) is 5.69 Å². The molecule has 2 fully saturated rings. The minimum Gasteiger partial charge on any atom is -0.455 e. The lowest BCUT2D eigenvalue weighted by Crippen LogP contribution is -2.50. The summed E-state index contributed by atoms with van der Waals surface area (Å²) in [5.41, 5.74) is 0.693. The second-order valence-corrected chi connectivity index (χ2v) is 7.67. The third-order valence-electron chi connectivity index (χ3n) is 5.45. The number of hydrogen-bond acceptors (Lipinski definition) is 5. The lowest BCUT2D eigenvalue weighted by Gasteiger charge is -2.35. The van der Waals surface area contributed by atoms with Gasteiger partial charge in [-0.1, -0.05) is 30.3 Å². The number of carbonyl (C=O) groups is 1. The average Bonchev–Trinajstić information content (AvgIpc) is 3.25. The van der Waals surface area contributed by atoms with Gasteiger partial charge in [-0.25, -0.2) is 0 Å². The lowest BCUT2D eigenvalue weighted by molar-refractivity contribution is -0.117. The lowest BCUT2D eigenvalue weighted by atomic mass is 10.2. The standard InChI is InChI=1S/C23H29N3O3/c27-23(18-26-14-12-25(13-15-26)17-20-9-6-16-28-20)24-21-10-4-5-11-22(21)29-19-7-2-1-3-8-19/h1-5,7-8,10-11,20H,6,9,12-18H2,(H,24,27)/t20-/m0/s1. The van der Waals surface area contributed by atoms with E-state index in [1.807, 2.05) is 54.6 Å². The summed E-state index contributed by atoms with van der Waals surface area (Å²) in [5, 5.41) is 3.01. The Hall–Kier alpha value is -2.41. The predicted molar refractivity (Wildman–Crippen MR) is 113 cm³/mol. The highest BCUT2D eigenvalue weighted by atomic mass is 16.5. The maximum absolute atomic E-state index is 12.6. The highest BCUT2D eigenvalue weighted by Gasteiger charge is 2.23. The van der Waals surface area contributed by atoms with Crippen molar-refractivity contribution in [3.05, 3.63) is 54.6 Å². The number of carbonyl (C=O) groups excluding carboxylic acids is 1. The van der Waals surface area contributed by atoms with Gasteiger partial charge in [0.25, 0.3) is 0 Å². The molecule has 2 aliphatic rings. The topological polar surface area (TPSA) is 54.0 Å². The second kappa shape index (κ2) is 9.87. The van der Waals surface area contributed by atoms with E-state index in [4.69, 9.17) is 9.47 Å². The molecule has 29 heavy (non-hydrogen) atoms. The van der Waals surface area contributed by atoms with Crippen molar-refractivity contribution in [1.82, 2.24) is 9.80 Å². The van der Waals surface area contributed by atoms with Crippen molar-refractivity contribution in [3.8, 4) is 11.5 Å². The molecular formula is C23H29N3O3. The van der Waals surface area contributed by atoms with Crippen LogP contribution in [0.5, 0.6) is 11.5 Å². The van der Waals surface area contributed by atoms with Crippen LogP contribution in [0.1, 0.15) is 12.8 Å². The molecule has 2 aromatic rings. The molecule has 4 rings (SSSR count). The Labute approximate surface area is 172 Å². The number of hydrogen-bond donors (Lipinski definition) is 1. The van der Waals surface area contributed by atoms with Gasteiger partial charge in [-0.05, 0) is 37.1 Å². The van der Waals surface area contributed by atoms with Crippen LogP contribution in [-0.2, 0) is 9.53 Å². The fourth-order valence-corrected chi connectivity index (χ4v) is 3.87. The number of rotatable bonds is 7. The highest BCUT2D eigenvalue weighted by molar-refractivity contribution is 5.93. The van der Waals surface area contributed by atoms with E-state index < -0.39 is 0 Å². The number of nitrogens with one attached hydrogen (secondary N) is 1. The summed E-state index contributed by atoms with van der Waals surface area (Å²) in [6, 6.07) is 17.1. The SMILES string of the molecule is O=C(CN1CCN(C[C@@H]2CCCO2)CC1)Nc1ccccc1Oc1ccccc1. The van der Waals surface area contributed by atoms with Gasteiger partial charge >= 0.3 is 0 Å². The smallest absolute Gasteiger partial charge is 0.238 e. The van der Waals surface area contributed by atoms with E-state index in [-0.39, 0.29) is 5.91 Å². The quantitative estimate of drug-likeness (QED) is 0.780. The van der Waals surface area contributed by atoms with Crippen LogP contribution < -0.4 is 10.1 Å². The minimum atomic E-state index is -0.0123. The first-order valence-electron chi connectivity index (χ1n) is 10.4. The van der Waals surface area contributed by atoms with Crippen LogP contribution >= 0.6 is 0 Å². The Morgan fingerprint density at radius 1 is 1.00 bits per heavy atom. The molecule has 6 nitrogen and oxygen atoms in total. The number of benzene rings is 2. The van der Waals surface area contributed by atoms with Gasteiger partial charge in [-0.15, -0.1) is 0 Å². The van der Waals surface area contributed by atoms with E-state index in [9.17, 15) is 4.79 Å². The molecule has 0 unspecified atom stereocenters. The summed E-state index contributed by atoms with van der Waals surface area (Å²) in [6.45, 7) is 6.10. The molecule has 1 atom stereocenters. The summed E-state index contributed by atoms with van der Waals surface area (Å²) in [7, 11) is 0. The molecule has 2 aliphatic heterocycles.